The van der Waals surface area contributed by atoms with Gasteiger partial charge in [-0.2, -0.15) is 5.10 Å². The minimum absolute atomic E-state index is 0.0466. The van der Waals surface area contributed by atoms with E-state index in [9.17, 15) is 9.59 Å². The lowest BCUT2D eigenvalue weighted by atomic mass is 10.1. The van der Waals surface area contributed by atoms with Crippen molar-refractivity contribution in [1.29, 1.82) is 0 Å². The van der Waals surface area contributed by atoms with Crippen molar-refractivity contribution in [2.75, 3.05) is 19.0 Å². The SMILES string of the molecule is CCOc1ccc(NC(=O)c2c(C)c(C)n[nH]c2=O)cc1OC. The first-order valence-electron chi connectivity index (χ1n) is 7.16. The molecule has 1 aromatic carbocycles. The van der Waals surface area contributed by atoms with Crippen LogP contribution >= 0.6 is 0 Å². The highest BCUT2D eigenvalue weighted by Crippen LogP contribution is 2.30. The van der Waals surface area contributed by atoms with Gasteiger partial charge in [-0.05, 0) is 38.5 Å². The van der Waals surface area contributed by atoms with E-state index < -0.39 is 11.5 Å². The van der Waals surface area contributed by atoms with E-state index in [2.05, 4.69) is 15.5 Å². The molecule has 0 aliphatic heterocycles. The number of amides is 1. The number of aromatic nitrogens is 2. The topological polar surface area (TPSA) is 93.3 Å². The van der Waals surface area contributed by atoms with Crippen molar-refractivity contribution in [3.05, 3.63) is 45.4 Å². The van der Waals surface area contributed by atoms with Crippen LogP contribution in [0.2, 0.25) is 0 Å². The molecule has 7 nitrogen and oxygen atoms in total. The van der Waals surface area contributed by atoms with Crippen LogP contribution in [0.15, 0.2) is 23.0 Å². The lowest BCUT2D eigenvalue weighted by Crippen LogP contribution is -2.26. The number of hydrogen-bond donors (Lipinski definition) is 2. The number of rotatable bonds is 5. The van der Waals surface area contributed by atoms with Crippen molar-refractivity contribution < 1.29 is 14.3 Å². The van der Waals surface area contributed by atoms with Gasteiger partial charge in [-0.3, -0.25) is 9.59 Å². The van der Waals surface area contributed by atoms with E-state index in [0.717, 1.165) is 0 Å². The summed E-state index contributed by atoms with van der Waals surface area (Å²) >= 11 is 0. The highest BCUT2D eigenvalue weighted by molar-refractivity contribution is 6.05. The summed E-state index contributed by atoms with van der Waals surface area (Å²) in [6.07, 6.45) is 0. The number of nitrogens with zero attached hydrogens (tertiary/aromatic N) is 1. The number of carbonyl (C=O) groups is 1. The standard InChI is InChI=1S/C16H19N3O4/c1-5-23-12-7-6-11(8-13(12)22-4)17-15(20)14-9(2)10(3)18-19-16(14)21/h6-8H,5H2,1-4H3,(H,17,20)(H,19,21). The molecule has 2 rings (SSSR count). The average molecular weight is 317 g/mol. The molecule has 0 aliphatic carbocycles. The lowest BCUT2D eigenvalue weighted by molar-refractivity contribution is 0.102. The van der Waals surface area contributed by atoms with Crippen LogP contribution in [0.4, 0.5) is 5.69 Å². The molecular formula is C16H19N3O4. The zero-order valence-electron chi connectivity index (χ0n) is 13.5. The quantitative estimate of drug-likeness (QED) is 0.880. The fraction of sp³-hybridized carbons (Fsp3) is 0.312. The molecule has 0 unspecified atom stereocenters. The van der Waals surface area contributed by atoms with Crippen molar-refractivity contribution in [3.8, 4) is 11.5 Å². The first-order valence-corrected chi connectivity index (χ1v) is 7.16. The van der Waals surface area contributed by atoms with E-state index in [-0.39, 0.29) is 5.56 Å². The maximum Gasteiger partial charge on any atom is 0.277 e. The number of anilines is 1. The first-order chi connectivity index (χ1) is 11.0. The molecule has 7 heteroatoms. The summed E-state index contributed by atoms with van der Waals surface area (Å²) in [6, 6.07) is 5.02. The molecule has 0 bridgehead atoms. The first kappa shape index (κ1) is 16.5. The van der Waals surface area contributed by atoms with Gasteiger partial charge in [-0.15, -0.1) is 0 Å². The van der Waals surface area contributed by atoms with Crippen LogP contribution in [0.5, 0.6) is 11.5 Å². The van der Waals surface area contributed by atoms with Crippen molar-refractivity contribution in [3.63, 3.8) is 0 Å². The van der Waals surface area contributed by atoms with Crippen LogP contribution in [0.25, 0.3) is 0 Å². The number of carbonyl (C=O) groups excluding carboxylic acids is 1. The number of nitrogens with one attached hydrogen (secondary N) is 2. The molecule has 1 heterocycles. The molecule has 2 N–H and O–H groups in total. The monoisotopic (exact) mass is 317 g/mol. The number of H-pyrrole nitrogens is 1. The molecule has 2 aromatic rings. The number of benzene rings is 1. The molecule has 0 fully saturated rings. The van der Waals surface area contributed by atoms with Crippen LogP contribution in [0.1, 0.15) is 28.5 Å². The van der Waals surface area contributed by atoms with Crippen molar-refractivity contribution >= 4 is 11.6 Å². The summed E-state index contributed by atoms with van der Waals surface area (Å²) < 4.78 is 10.7. The minimum atomic E-state index is -0.525. The Hall–Kier alpha value is -2.83. The van der Waals surface area contributed by atoms with Crippen molar-refractivity contribution in [2.24, 2.45) is 0 Å². The van der Waals surface area contributed by atoms with E-state index in [1.165, 1.54) is 7.11 Å². The van der Waals surface area contributed by atoms with Gasteiger partial charge in [0.1, 0.15) is 5.56 Å². The Kier molecular flexibility index (Phi) is 5.00. The average Bonchev–Trinajstić information content (AvgIpc) is 2.53. The van der Waals surface area contributed by atoms with Gasteiger partial charge in [0.05, 0.1) is 19.4 Å². The van der Waals surface area contributed by atoms with Crippen LogP contribution in [0.3, 0.4) is 0 Å². The van der Waals surface area contributed by atoms with E-state index in [4.69, 9.17) is 9.47 Å². The fourth-order valence-electron chi connectivity index (χ4n) is 2.11. The molecule has 0 aliphatic rings. The second-order valence-corrected chi connectivity index (χ2v) is 4.89. The lowest BCUT2D eigenvalue weighted by Gasteiger charge is -2.12. The number of hydrogen-bond acceptors (Lipinski definition) is 5. The fourth-order valence-corrected chi connectivity index (χ4v) is 2.11. The van der Waals surface area contributed by atoms with Gasteiger partial charge in [0.15, 0.2) is 11.5 Å². The number of ether oxygens (including phenoxy) is 2. The summed E-state index contributed by atoms with van der Waals surface area (Å²) in [5.74, 6) is 0.587. The summed E-state index contributed by atoms with van der Waals surface area (Å²) in [7, 11) is 1.52. The van der Waals surface area contributed by atoms with E-state index in [1.54, 1.807) is 32.0 Å². The van der Waals surface area contributed by atoms with E-state index >= 15 is 0 Å². The Bertz CT molecular complexity index is 783. The predicted octanol–water partition coefficient (Wildman–Crippen LogP) is 2.05. The molecule has 0 saturated heterocycles. The van der Waals surface area contributed by atoms with Gasteiger partial charge in [0.25, 0.3) is 11.5 Å². The molecule has 0 saturated carbocycles. The number of aryl methyl sites for hydroxylation is 1. The highest BCUT2D eigenvalue weighted by atomic mass is 16.5. The number of methoxy groups -OCH3 is 1. The van der Waals surface area contributed by atoms with Gasteiger partial charge in [-0.1, -0.05) is 0 Å². The molecule has 0 radical (unpaired) electrons. The van der Waals surface area contributed by atoms with Crippen LogP contribution < -0.4 is 20.3 Å². The largest absolute Gasteiger partial charge is 0.493 e. The maximum atomic E-state index is 12.4. The smallest absolute Gasteiger partial charge is 0.277 e. The Morgan fingerprint density at radius 2 is 2.04 bits per heavy atom. The molecule has 1 aromatic heterocycles. The third-order valence-electron chi connectivity index (χ3n) is 3.42. The normalized spacial score (nSPS) is 10.3. The van der Waals surface area contributed by atoms with Gasteiger partial charge in [0.2, 0.25) is 0 Å². The van der Waals surface area contributed by atoms with Gasteiger partial charge >= 0.3 is 0 Å². The molecular weight excluding hydrogens is 298 g/mol. The second-order valence-electron chi connectivity index (χ2n) is 4.89. The van der Waals surface area contributed by atoms with Crippen LogP contribution in [-0.2, 0) is 0 Å². The third kappa shape index (κ3) is 3.50. The molecule has 0 atom stereocenters. The Morgan fingerprint density at radius 3 is 2.70 bits per heavy atom. The number of aromatic amines is 1. The van der Waals surface area contributed by atoms with Gasteiger partial charge < -0.3 is 14.8 Å². The summed E-state index contributed by atoms with van der Waals surface area (Å²) in [5.41, 5.74) is 1.17. The third-order valence-corrected chi connectivity index (χ3v) is 3.42. The van der Waals surface area contributed by atoms with Crippen molar-refractivity contribution in [1.82, 2.24) is 10.2 Å². The van der Waals surface area contributed by atoms with Crippen molar-refractivity contribution in [2.45, 2.75) is 20.8 Å². The molecule has 122 valence electrons. The van der Waals surface area contributed by atoms with E-state index in [1.807, 2.05) is 6.92 Å². The van der Waals surface area contributed by atoms with Crippen LogP contribution in [0, 0.1) is 13.8 Å². The molecule has 23 heavy (non-hydrogen) atoms. The van der Waals surface area contributed by atoms with Crippen LogP contribution in [-0.4, -0.2) is 29.8 Å². The highest BCUT2D eigenvalue weighted by Gasteiger charge is 2.17. The zero-order chi connectivity index (χ0) is 17.0. The summed E-state index contributed by atoms with van der Waals surface area (Å²) in [6.45, 7) is 5.79. The molecule has 0 spiro atoms. The minimum Gasteiger partial charge on any atom is -0.493 e. The van der Waals surface area contributed by atoms with Gasteiger partial charge in [-0.25, -0.2) is 5.10 Å². The Morgan fingerprint density at radius 1 is 1.30 bits per heavy atom. The van der Waals surface area contributed by atoms with E-state index in [0.29, 0.717) is 35.1 Å². The predicted molar refractivity (Wildman–Crippen MR) is 86.4 cm³/mol. The second kappa shape index (κ2) is 6.95. The Balaban J connectivity index is 2.31. The summed E-state index contributed by atoms with van der Waals surface area (Å²) in [4.78, 5) is 24.3. The Labute approximate surface area is 133 Å². The van der Waals surface area contributed by atoms with Gasteiger partial charge in [0, 0.05) is 11.8 Å². The molecule has 1 amide bonds. The summed E-state index contributed by atoms with van der Waals surface area (Å²) in [5, 5.41) is 8.84. The zero-order valence-corrected chi connectivity index (χ0v) is 13.5. The maximum absolute atomic E-state index is 12.4.